The molecule has 28 heavy (non-hydrogen) atoms. The standard InChI is InChI=1S/C20H20N4O4/c1-27-15-7-5-14(6-8-15)21-19(25)17-16-4-2-3-9-24(16)18(22-17)20(26)23-10-12-28-13-11-23/h2-9H,10-13H2,1H3,(H,21,25). The number of nitrogens with zero attached hydrogens (tertiary/aromatic N) is 3. The van der Waals surface area contributed by atoms with Crippen molar-refractivity contribution in [2.45, 2.75) is 0 Å². The summed E-state index contributed by atoms with van der Waals surface area (Å²) in [7, 11) is 1.58. The van der Waals surface area contributed by atoms with Crippen LogP contribution in [0.1, 0.15) is 21.1 Å². The second kappa shape index (κ2) is 7.69. The number of rotatable bonds is 4. The van der Waals surface area contributed by atoms with E-state index in [1.807, 2.05) is 6.07 Å². The number of aromatic nitrogens is 2. The molecule has 8 heteroatoms. The number of carbonyl (C=O) groups excluding carboxylic acids is 2. The SMILES string of the molecule is COc1ccc(NC(=O)c2nc(C(=O)N3CCOCC3)n3ccccc23)cc1. The molecule has 0 aliphatic carbocycles. The van der Waals surface area contributed by atoms with E-state index in [-0.39, 0.29) is 23.3 Å². The number of morpholine rings is 1. The van der Waals surface area contributed by atoms with Crippen LogP contribution in [0, 0.1) is 0 Å². The minimum atomic E-state index is -0.380. The minimum absolute atomic E-state index is 0.202. The Hall–Kier alpha value is -3.39. The second-order valence-electron chi connectivity index (χ2n) is 6.33. The van der Waals surface area contributed by atoms with E-state index in [2.05, 4.69) is 10.3 Å². The van der Waals surface area contributed by atoms with Gasteiger partial charge in [-0.2, -0.15) is 0 Å². The number of pyridine rings is 1. The van der Waals surface area contributed by atoms with Crippen LogP contribution in [0.4, 0.5) is 5.69 Å². The molecule has 0 unspecified atom stereocenters. The summed E-state index contributed by atoms with van der Waals surface area (Å²) in [5.41, 5.74) is 1.39. The van der Waals surface area contributed by atoms with Gasteiger partial charge < -0.3 is 19.7 Å². The lowest BCUT2D eigenvalue weighted by Crippen LogP contribution is -2.41. The van der Waals surface area contributed by atoms with E-state index < -0.39 is 0 Å². The second-order valence-corrected chi connectivity index (χ2v) is 6.33. The zero-order valence-corrected chi connectivity index (χ0v) is 15.4. The monoisotopic (exact) mass is 380 g/mol. The van der Waals surface area contributed by atoms with Crippen molar-refractivity contribution >= 4 is 23.0 Å². The Kier molecular flexibility index (Phi) is 4.94. The molecule has 2 amide bonds. The summed E-state index contributed by atoms with van der Waals surface area (Å²) < 4.78 is 12.1. The highest BCUT2D eigenvalue weighted by atomic mass is 16.5. The Bertz CT molecular complexity index is 1010. The van der Waals surface area contributed by atoms with Crippen molar-refractivity contribution in [3.8, 4) is 5.75 Å². The maximum atomic E-state index is 12.9. The summed E-state index contributed by atoms with van der Waals surface area (Å²) >= 11 is 0. The summed E-state index contributed by atoms with van der Waals surface area (Å²) in [6.45, 7) is 2.02. The topological polar surface area (TPSA) is 85.2 Å². The highest BCUT2D eigenvalue weighted by Crippen LogP contribution is 2.19. The molecular formula is C20H20N4O4. The molecule has 3 aromatic rings. The van der Waals surface area contributed by atoms with Gasteiger partial charge in [-0.05, 0) is 36.4 Å². The number of ether oxygens (including phenoxy) is 2. The molecule has 3 heterocycles. The highest BCUT2D eigenvalue weighted by Gasteiger charge is 2.26. The van der Waals surface area contributed by atoms with Gasteiger partial charge in [0.05, 0.1) is 25.8 Å². The van der Waals surface area contributed by atoms with E-state index in [4.69, 9.17) is 9.47 Å². The molecule has 0 radical (unpaired) electrons. The molecule has 0 atom stereocenters. The summed E-state index contributed by atoms with van der Waals surface area (Å²) in [4.78, 5) is 31.8. The van der Waals surface area contributed by atoms with E-state index in [1.165, 1.54) is 0 Å². The van der Waals surface area contributed by atoms with E-state index in [0.717, 1.165) is 0 Å². The lowest BCUT2D eigenvalue weighted by Gasteiger charge is -2.26. The summed E-state index contributed by atoms with van der Waals surface area (Å²) in [5.74, 6) is 0.323. The third-order valence-corrected chi connectivity index (χ3v) is 4.60. The van der Waals surface area contributed by atoms with Crippen LogP contribution in [0.5, 0.6) is 5.75 Å². The number of anilines is 1. The van der Waals surface area contributed by atoms with Crippen molar-refractivity contribution in [2.75, 3.05) is 38.7 Å². The van der Waals surface area contributed by atoms with Crippen molar-refractivity contribution in [2.24, 2.45) is 0 Å². The van der Waals surface area contributed by atoms with Gasteiger partial charge in [0.15, 0.2) is 5.69 Å². The van der Waals surface area contributed by atoms with Crippen molar-refractivity contribution in [3.63, 3.8) is 0 Å². The predicted molar refractivity (Wildman–Crippen MR) is 103 cm³/mol. The van der Waals surface area contributed by atoms with Crippen LogP contribution in [0.25, 0.3) is 5.52 Å². The first kappa shape index (κ1) is 18.0. The molecule has 2 aromatic heterocycles. The van der Waals surface area contributed by atoms with Crippen molar-refractivity contribution in [1.82, 2.24) is 14.3 Å². The number of fused-ring (bicyclic) bond motifs is 1. The third kappa shape index (κ3) is 3.41. The molecule has 1 aliphatic rings. The Morgan fingerprint density at radius 1 is 1.11 bits per heavy atom. The van der Waals surface area contributed by atoms with E-state index in [1.54, 1.807) is 59.0 Å². The largest absolute Gasteiger partial charge is 0.497 e. The van der Waals surface area contributed by atoms with Gasteiger partial charge in [0.25, 0.3) is 11.8 Å². The van der Waals surface area contributed by atoms with Gasteiger partial charge in [0.2, 0.25) is 5.82 Å². The van der Waals surface area contributed by atoms with E-state index in [9.17, 15) is 9.59 Å². The van der Waals surface area contributed by atoms with Crippen LogP contribution in [-0.4, -0.2) is 59.5 Å². The molecule has 1 saturated heterocycles. The highest BCUT2D eigenvalue weighted by molar-refractivity contribution is 6.09. The number of amides is 2. The van der Waals surface area contributed by atoms with Crippen LogP contribution in [-0.2, 0) is 4.74 Å². The summed E-state index contributed by atoms with van der Waals surface area (Å²) in [5, 5.41) is 2.82. The smallest absolute Gasteiger partial charge is 0.290 e. The first-order valence-corrected chi connectivity index (χ1v) is 8.97. The number of benzene rings is 1. The molecule has 1 aromatic carbocycles. The maximum Gasteiger partial charge on any atom is 0.290 e. The van der Waals surface area contributed by atoms with Crippen LogP contribution >= 0.6 is 0 Å². The maximum absolute atomic E-state index is 12.9. The normalized spacial score (nSPS) is 14.1. The van der Waals surface area contributed by atoms with Gasteiger partial charge >= 0.3 is 0 Å². The number of hydrogen-bond acceptors (Lipinski definition) is 5. The predicted octanol–water partition coefficient (Wildman–Crippen LogP) is 2.07. The van der Waals surface area contributed by atoms with Crippen LogP contribution < -0.4 is 10.1 Å². The van der Waals surface area contributed by atoms with Crippen molar-refractivity contribution in [1.29, 1.82) is 0 Å². The molecule has 0 bridgehead atoms. The fraction of sp³-hybridized carbons (Fsp3) is 0.250. The average molecular weight is 380 g/mol. The Morgan fingerprint density at radius 3 is 2.57 bits per heavy atom. The van der Waals surface area contributed by atoms with Gasteiger partial charge in [-0.3, -0.25) is 14.0 Å². The molecule has 144 valence electrons. The number of nitrogens with one attached hydrogen (secondary N) is 1. The Labute approximate surface area is 161 Å². The van der Waals surface area contributed by atoms with E-state index >= 15 is 0 Å². The zero-order chi connectivity index (χ0) is 19.5. The first-order chi connectivity index (χ1) is 13.7. The first-order valence-electron chi connectivity index (χ1n) is 8.97. The fourth-order valence-corrected chi connectivity index (χ4v) is 3.13. The quantitative estimate of drug-likeness (QED) is 0.749. The van der Waals surface area contributed by atoms with Gasteiger partial charge in [0.1, 0.15) is 5.75 Å². The Balaban J connectivity index is 1.65. The molecule has 8 nitrogen and oxygen atoms in total. The van der Waals surface area contributed by atoms with Gasteiger partial charge in [-0.15, -0.1) is 0 Å². The Morgan fingerprint density at radius 2 is 1.86 bits per heavy atom. The van der Waals surface area contributed by atoms with Gasteiger partial charge in [-0.25, -0.2) is 4.98 Å². The molecule has 4 rings (SSSR count). The molecule has 1 N–H and O–H groups in total. The van der Waals surface area contributed by atoms with E-state index in [0.29, 0.717) is 43.3 Å². The van der Waals surface area contributed by atoms with Crippen LogP contribution in [0.2, 0.25) is 0 Å². The number of hydrogen-bond donors (Lipinski definition) is 1. The lowest BCUT2D eigenvalue weighted by atomic mass is 10.2. The minimum Gasteiger partial charge on any atom is -0.497 e. The molecule has 0 spiro atoms. The third-order valence-electron chi connectivity index (χ3n) is 4.60. The number of imidazole rings is 1. The molecular weight excluding hydrogens is 360 g/mol. The van der Waals surface area contributed by atoms with Crippen LogP contribution in [0.15, 0.2) is 48.7 Å². The number of carbonyl (C=O) groups is 2. The molecule has 1 fully saturated rings. The lowest BCUT2D eigenvalue weighted by molar-refractivity contribution is 0.0294. The van der Waals surface area contributed by atoms with Gasteiger partial charge in [-0.1, -0.05) is 6.07 Å². The number of methoxy groups -OCH3 is 1. The van der Waals surface area contributed by atoms with Crippen LogP contribution in [0.3, 0.4) is 0 Å². The van der Waals surface area contributed by atoms with Crippen molar-refractivity contribution in [3.05, 3.63) is 60.2 Å². The van der Waals surface area contributed by atoms with Gasteiger partial charge in [0, 0.05) is 25.0 Å². The fourth-order valence-electron chi connectivity index (χ4n) is 3.13. The summed E-state index contributed by atoms with van der Waals surface area (Å²) in [6.07, 6.45) is 1.74. The summed E-state index contributed by atoms with van der Waals surface area (Å²) in [6, 6.07) is 12.4. The molecule has 0 saturated carbocycles. The average Bonchev–Trinajstić information content (AvgIpc) is 3.14. The van der Waals surface area contributed by atoms with Crippen molar-refractivity contribution < 1.29 is 19.1 Å². The molecule has 1 aliphatic heterocycles. The zero-order valence-electron chi connectivity index (χ0n) is 15.4.